The lowest BCUT2D eigenvalue weighted by atomic mass is 10.0. The Bertz CT molecular complexity index is 756. The van der Waals surface area contributed by atoms with Gasteiger partial charge in [-0.25, -0.2) is 8.78 Å². The molecule has 3 rings (SSSR count). The molecule has 1 amide bonds. The predicted octanol–water partition coefficient (Wildman–Crippen LogP) is 4.11. The fraction of sp³-hybridized carbons (Fsp3) is 0. The number of hydrogen-bond acceptors (Lipinski definition) is 1. The van der Waals surface area contributed by atoms with Crippen LogP contribution in [0, 0.1) is 11.6 Å². The Kier molecular flexibility index (Phi) is 3.03. The maximum absolute atomic E-state index is 13.6. The number of amides is 1. The van der Waals surface area contributed by atoms with Crippen molar-refractivity contribution in [1.82, 2.24) is 0 Å². The van der Waals surface area contributed by atoms with Crippen LogP contribution in [0.15, 0.2) is 36.4 Å². The molecule has 0 saturated heterocycles. The molecular weight excluding hydrogens is 284 g/mol. The number of hydrogen-bond donors (Lipinski definition) is 1. The van der Waals surface area contributed by atoms with Crippen molar-refractivity contribution in [2.24, 2.45) is 0 Å². The van der Waals surface area contributed by atoms with Crippen molar-refractivity contribution >= 4 is 34.8 Å². The van der Waals surface area contributed by atoms with Gasteiger partial charge >= 0.3 is 0 Å². The fourth-order valence-corrected chi connectivity index (χ4v) is 2.26. The summed E-state index contributed by atoms with van der Waals surface area (Å²) in [6.07, 6.45) is 1.33. The second-order valence-electron chi connectivity index (χ2n) is 4.37. The van der Waals surface area contributed by atoms with Crippen LogP contribution >= 0.6 is 11.6 Å². The summed E-state index contributed by atoms with van der Waals surface area (Å²) >= 11 is 5.84. The molecule has 5 heteroatoms. The van der Waals surface area contributed by atoms with E-state index in [1.807, 2.05) is 0 Å². The van der Waals surface area contributed by atoms with E-state index in [-0.39, 0.29) is 17.0 Å². The molecule has 0 fully saturated rings. The molecule has 20 heavy (non-hydrogen) atoms. The van der Waals surface area contributed by atoms with E-state index in [1.54, 1.807) is 18.2 Å². The largest absolute Gasteiger partial charge is 0.321 e. The predicted molar refractivity (Wildman–Crippen MR) is 74.3 cm³/mol. The van der Waals surface area contributed by atoms with Crippen LogP contribution in [0.2, 0.25) is 5.02 Å². The van der Waals surface area contributed by atoms with Crippen LogP contribution in [0.3, 0.4) is 0 Å². The maximum Gasteiger partial charge on any atom is 0.256 e. The van der Waals surface area contributed by atoms with Crippen LogP contribution < -0.4 is 5.32 Å². The SMILES string of the molecule is O=C1Nc2cc(Cl)ccc2/C1=C\c1cc(F)ccc1F. The number of rotatable bonds is 1. The van der Waals surface area contributed by atoms with E-state index >= 15 is 0 Å². The van der Waals surface area contributed by atoms with E-state index in [9.17, 15) is 13.6 Å². The standard InChI is InChI=1S/C15H8ClF2NO/c16-9-1-3-11-12(15(20)19-14(11)7-9)6-8-5-10(17)2-4-13(8)18/h1-7H,(H,19,20)/b12-6+. The van der Waals surface area contributed by atoms with Gasteiger partial charge in [-0.2, -0.15) is 0 Å². The normalized spacial score (nSPS) is 15.3. The highest BCUT2D eigenvalue weighted by Gasteiger charge is 2.24. The highest BCUT2D eigenvalue weighted by Crippen LogP contribution is 2.35. The van der Waals surface area contributed by atoms with Crippen LogP contribution in [0.25, 0.3) is 11.6 Å². The summed E-state index contributed by atoms with van der Waals surface area (Å²) in [5, 5.41) is 3.12. The van der Waals surface area contributed by atoms with Crippen LogP contribution in [-0.4, -0.2) is 5.91 Å². The molecule has 100 valence electrons. The minimum absolute atomic E-state index is 0.0259. The summed E-state index contributed by atoms with van der Waals surface area (Å²) < 4.78 is 26.8. The van der Waals surface area contributed by atoms with Gasteiger partial charge in [-0.15, -0.1) is 0 Å². The Morgan fingerprint density at radius 1 is 1.10 bits per heavy atom. The summed E-state index contributed by atoms with van der Waals surface area (Å²) in [6.45, 7) is 0. The lowest BCUT2D eigenvalue weighted by Gasteiger charge is -2.01. The summed E-state index contributed by atoms with van der Waals surface area (Å²) in [6, 6.07) is 8.01. The van der Waals surface area contributed by atoms with Gasteiger partial charge < -0.3 is 5.32 Å². The smallest absolute Gasteiger partial charge is 0.256 e. The van der Waals surface area contributed by atoms with E-state index < -0.39 is 11.6 Å². The number of benzene rings is 2. The van der Waals surface area contributed by atoms with Gasteiger partial charge in [0.15, 0.2) is 0 Å². The van der Waals surface area contributed by atoms with Crippen molar-refractivity contribution in [1.29, 1.82) is 0 Å². The third kappa shape index (κ3) is 2.18. The van der Waals surface area contributed by atoms with Crippen LogP contribution in [-0.2, 0) is 4.79 Å². The minimum Gasteiger partial charge on any atom is -0.321 e. The van der Waals surface area contributed by atoms with E-state index in [0.29, 0.717) is 16.3 Å². The molecular formula is C15H8ClF2NO. The quantitative estimate of drug-likeness (QED) is 0.787. The second kappa shape index (κ2) is 4.72. The minimum atomic E-state index is -0.589. The van der Waals surface area contributed by atoms with Gasteiger partial charge in [0.2, 0.25) is 0 Å². The molecule has 2 nitrogen and oxygen atoms in total. The monoisotopic (exact) mass is 291 g/mol. The first-order valence-electron chi connectivity index (χ1n) is 5.82. The van der Waals surface area contributed by atoms with Gasteiger partial charge in [0, 0.05) is 21.7 Å². The van der Waals surface area contributed by atoms with Crippen molar-refractivity contribution in [3.05, 3.63) is 64.2 Å². The summed E-state index contributed by atoms with van der Waals surface area (Å²) in [5.74, 6) is -1.52. The van der Waals surface area contributed by atoms with Crippen LogP contribution in [0.4, 0.5) is 14.5 Å². The average Bonchev–Trinajstić information content (AvgIpc) is 2.69. The molecule has 0 aromatic heterocycles. The van der Waals surface area contributed by atoms with E-state index in [1.165, 1.54) is 6.08 Å². The highest BCUT2D eigenvalue weighted by atomic mass is 35.5. The third-order valence-corrected chi connectivity index (χ3v) is 3.26. The topological polar surface area (TPSA) is 29.1 Å². The Balaban J connectivity index is 2.13. The number of carbonyl (C=O) groups is 1. The summed E-state index contributed by atoms with van der Waals surface area (Å²) in [5.41, 5.74) is 1.48. The zero-order chi connectivity index (χ0) is 14.3. The summed E-state index contributed by atoms with van der Waals surface area (Å²) in [7, 11) is 0. The first-order valence-corrected chi connectivity index (χ1v) is 6.20. The molecule has 2 aromatic rings. The van der Waals surface area contributed by atoms with E-state index in [4.69, 9.17) is 11.6 Å². The molecule has 1 N–H and O–H groups in total. The van der Waals surface area contributed by atoms with Crippen molar-refractivity contribution in [3.63, 3.8) is 0 Å². The van der Waals surface area contributed by atoms with Crippen molar-refractivity contribution in [2.45, 2.75) is 0 Å². The molecule has 0 spiro atoms. The Morgan fingerprint density at radius 3 is 2.70 bits per heavy atom. The second-order valence-corrected chi connectivity index (χ2v) is 4.80. The third-order valence-electron chi connectivity index (χ3n) is 3.02. The zero-order valence-electron chi connectivity index (χ0n) is 10.1. The molecule has 1 aliphatic rings. The lowest BCUT2D eigenvalue weighted by molar-refractivity contribution is -0.110. The van der Waals surface area contributed by atoms with Crippen LogP contribution in [0.5, 0.6) is 0 Å². The first-order chi connectivity index (χ1) is 9.54. The van der Waals surface area contributed by atoms with E-state index in [0.717, 1.165) is 18.2 Å². The lowest BCUT2D eigenvalue weighted by Crippen LogP contribution is -2.03. The number of halogens is 3. The van der Waals surface area contributed by atoms with E-state index in [2.05, 4.69) is 5.32 Å². The number of fused-ring (bicyclic) bond motifs is 1. The van der Waals surface area contributed by atoms with Crippen LogP contribution in [0.1, 0.15) is 11.1 Å². The fourth-order valence-electron chi connectivity index (χ4n) is 2.09. The number of carbonyl (C=O) groups excluding carboxylic acids is 1. The molecule has 1 heterocycles. The van der Waals surface area contributed by atoms with Gasteiger partial charge in [-0.1, -0.05) is 17.7 Å². The average molecular weight is 292 g/mol. The molecule has 2 aromatic carbocycles. The maximum atomic E-state index is 13.6. The zero-order valence-corrected chi connectivity index (χ0v) is 10.8. The molecule has 0 bridgehead atoms. The van der Waals surface area contributed by atoms with Gasteiger partial charge in [0.25, 0.3) is 5.91 Å². The van der Waals surface area contributed by atoms with Gasteiger partial charge in [0.1, 0.15) is 11.6 Å². The number of anilines is 1. The molecule has 1 aliphatic heterocycles. The number of nitrogens with one attached hydrogen (secondary N) is 1. The van der Waals surface area contributed by atoms with Crippen molar-refractivity contribution in [2.75, 3.05) is 5.32 Å². The highest BCUT2D eigenvalue weighted by molar-refractivity contribution is 6.36. The van der Waals surface area contributed by atoms with Gasteiger partial charge in [0.05, 0.1) is 5.69 Å². The molecule has 0 aliphatic carbocycles. The molecule has 0 radical (unpaired) electrons. The van der Waals surface area contributed by atoms with Gasteiger partial charge in [-0.3, -0.25) is 4.79 Å². The first kappa shape index (κ1) is 12.8. The van der Waals surface area contributed by atoms with Crippen molar-refractivity contribution < 1.29 is 13.6 Å². The Labute approximate surface area is 118 Å². The molecule has 0 saturated carbocycles. The molecule has 0 unspecified atom stereocenters. The van der Waals surface area contributed by atoms with Crippen molar-refractivity contribution in [3.8, 4) is 0 Å². The Hall–Kier alpha value is -2.20. The Morgan fingerprint density at radius 2 is 1.90 bits per heavy atom. The molecule has 0 atom stereocenters. The summed E-state index contributed by atoms with van der Waals surface area (Å²) in [4.78, 5) is 11.9. The van der Waals surface area contributed by atoms with Gasteiger partial charge in [-0.05, 0) is 36.4 Å².